The molecule has 344 valence electrons. The molecule has 2 aromatic rings. The number of nitrogens with two attached hydrogens (primary N) is 3. The first-order valence-electron chi connectivity index (χ1n) is 22.1. The first kappa shape index (κ1) is 51.3. The summed E-state index contributed by atoms with van der Waals surface area (Å²) in [6.45, 7) is 5.81. The normalized spacial score (nSPS) is 14.7. The van der Waals surface area contributed by atoms with Crippen molar-refractivity contribution in [3.05, 3.63) is 70.6 Å². The molecular weight excluding hydrogens is 795 g/mol. The molecule has 14 nitrogen and oxygen atoms in total. The molecule has 0 saturated carbocycles. The van der Waals surface area contributed by atoms with Gasteiger partial charge in [-0.3, -0.25) is 14.4 Å². The topological polar surface area (TPSA) is 195 Å². The second-order valence-corrected chi connectivity index (χ2v) is 16.1. The first-order chi connectivity index (χ1) is 29.8. The van der Waals surface area contributed by atoms with Crippen LogP contribution in [0.5, 0.6) is 0 Å². The summed E-state index contributed by atoms with van der Waals surface area (Å²) in [6, 6.07) is 10.3. The molecule has 1 heterocycles. The van der Waals surface area contributed by atoms with E-state index in [2.05, 4.69) is 22.9 Å². The molecule has 3 rings (SSSR count). The van der Waals surface area contributed by atoms with Gasteiger partial charge < -0.3 is 52.8 Å². The number of benzene rings is 2. The van der Waals surface area contributed by atoms with Gasteiger partial charge in [0.15, 0.2) is 0 Å². The number of aldehydes is 1. The average Bonchev–Trinajstić information content (AvgIpc) is 3.59. The number of anilines is 3. The number of aryl methyl sites for hydroxylation is 1. The molecule has 16 heteroatoms. The van der Waals surface area contributed by atoms with E-state index >= 15 is 0 Å². The number of allylic oxidation sites excluding steroid dienone is 1. The van der Waals surface area contributed by atoms with Gasteiger partial charge in [-0.1, -0.05) is 64.5 Å². The molecule has 62 heavy (non-hydrogen) atoms. The number of alkyl halides is 2. The zero-order chi connectivity index (χ0) is 45.6. The number of halogens is 2. The second kappa shape index (κ2) is 27.1. The van der Waals surface area contributed by atoms with Gasteiger partial charge in [0.25, 0.3) is 6.43 Å². The number of nitrogens with one attached hydrogen (secondary N) is 3. The van der Waals surface area contributed by atoms with Crippen molar-refractivity contribution in [2.45, 2.75) is 122 Å². The molecule has 3 unspecified atom stereocenters. The van der Waals surface area contributed by atoms with E-state index in [-0.39, 0.29) is 31.0 Å². The standard InChI is InChI=1S/C46H72F2N10O4/c1-6-16-33-25-37(34-28-55(3)56(4)29-34)38(45(47)48)26-41(33)54-46(51)39(27-49)40(7-2)53-35(22-23-52-31-60)17-12-10-8-9-11-15-24-58(32-61)43-19-14-13-18-42(43)57(5)36(30-59)20-21-44(50)62/h13-14,18-19,25-26,28,30-32,35-36,45-46,53-54H,6-12,15-17,20-24,27,29,49,51H2,1-5H3,(H2,50,62)(H,52,60)/b40-39-. The van der Waals surface area contributed by atoms with Crippen LogP contribution in [0.2, 0.25) is 0 Å². The van der Waals surface area contributed by atoms with E-state index in [4.69, 9.17) is 17.2 Å². The van der Waals surface area contributed by atoms with Gasteiger partial charge in [0.2, 0.25) is 18.7 Å². The lowest BCUT2D eigenvalue weighted by molar-refractivity contribution is -0.118. The minimum Gasteiger partial charge on any atom is -0.385 e. The molecule has 3 amide bonds. The fourth-order valence-electron chi connectivity index (χ4n) is 8.01. The molecule has 0 aliphatic carbocycles. The highest BCUT2D eigenvalue weighted by Crippen LogP contribution is 2.36. The summed E-state index contributed by atoms with van der Waals surface area (Å²) in [4.78, 5) is 50.0. The number of likely N-dealkylation sites (N-methyl/N-ethyl adjacent to an activating group) is 2. The molecule has 3 atom stereocenters. The Hall–Kier alpha value is -5.06. The van der Waals surface area contributed by atoms with Crippen LogP contribution in [-0.2, 0) is 25.6 Å². The number of primary amides is 1. The van der Waals surface area contributed by atoms with Crippen LogP contribution >= 0.6 is 0 Å². The Balaban J connectivity index is 1.62. The molecule has 9 N–H and O–H groups in total. The van der Waals surface area contributed by atoms with E-state index in [1.165, 1.54) is 0 Å². The number of amides is 3. The largest absolute Gasteiger partial charge is 0.385 e. The van der Waals surface area contributed by atoms with E-state index in [9.17, 15) is 28.0 Å². The predicted octanol–water partition coefficient (Wildman–Crippen LogP) is 5.79. The Labute approximate surface area is 367 Å². The van der Waals surface area contributed by atoms with Crippen molar-refractivity contribution in [3.63, 3.8) is 0 Å². The van der Waals surface area contributed by atoms with Crippen LogP contribution in [-0.4, -0.2) is 101 Å². The average molecular weight is 867 g/mol. The van der Waals surface area contributed by atoms with Crippen molar-refractivity contribution in [2.24, 2.45) is 17.2 Å². The Bertz CT molecular complexity index is 1790. The minimum atomic E-state index is -2.67. The highest BCUT2D eigenvalue weighted by molar-refractivity contribution is 5.85. The van der Waals surface area contributed by atoms with Crippen molar-refractivity contribution in [1.29, 1.82) is 0 Å². The maximum absolute atomic E-state index is 14.6. The third-order valence-corrected chi connectivity index (χ3v) is 11.6. The van der Waals surface area contributed by atoms with E-state index in [1.54, 1.807) is 22.9 Å². The molecule has 0 aromatic heterocycles. The number of hydrogen-bond acceptors (Lipinski definition) is 11. The Kier molecular flexibility index (Phi) is 22.4. The molecule has 0 spiro atoms. The van der Waals surface area contributed by atoms with Crippen LogP contribution in [0.4, 0.5) is 25.8 Å². The van der Waals surface area contributed by atoms with Gasteiger partial charge in [0, 0.05) is 82.9 Å². The molecule has 0 radical (unpaired) electrons. The van der Waals surface area contributed by atoms with Crippen molar-refractivity contribution in [2.75, 3.05) is 62.4 Å². The van der Waals surface area contributed by atoms with E-state index in [0.29, 0.717) is 62.2 Å². The Morgan fingerprint density at radius 3 is 2.24 bits per heavy atom. The van der Waals surface area contributed by atoms with Gasteiger partial charge in [0.05, 0.1) is 23.6 Å². The number of carbonyl (C=O) groups excluding carboxylic acids is 4. The van der Waals surface area contributed by atoms with Gasteiger partial charge in [-0.25, -0.2) is 13.8 Å². The number of carbonyl (C=O) groups is 4. The fourth-order valence-corrected chi connectivity index (χ4v) is 8.01. The lowest BCUT2D eigenvalue weighted by Crippen LogP contribution is -2.40. The number of hydrazine groups is 1. The Morgan fingerprint density at radius 1 is 0.968 bits per heavy atom. The van der Waals surface area contributed by atoms with Gasteiger partial charge in [-0.2, -0.15) is 0 Å². The summed E-state index contributed by atoms with van der Waals surface area (Å²) in [5.74, 6) is -0.472. The molecule has 0 fully saturated rings. The third kappa shape index (κ3) is 15.4. The van der Waals surface area contributed by atoms with Gasteiger partial charge >= 0.3 is 0 Å². The van der Waals surface area contributed by atoms with Crippen molar-refractivity contribution in [1.82, 2.24) is 20.7 Å². The molecule has 0 saturated heterocycles. The van der Waals surface area contributed by atoms with Gasteiger partial charge in [0.1, 0.15) is 6.29 Å². The quantitative estimate of drug-likeness (QED) is 0.0296. The van der Waals surface area contributed by atoms with Crippen LogP contribution in [0.3, 0.4) is 0 Å². The van der Waals surface area contributed by atoms with Gasteiger partial charge in [-0.05, 0) is 85.1 Å². The van der Waals surface area contributed by atoms with E-state index in [1.807, 2.05) is 67.6 Å². The minimum absolute atomic E-state index is 0.0384. The summed E-state index contributed by atoms with van der Waals surface area (Å²) in [7, 11) is 5.59. The maximum Gasteiger partial charge on any atom is 0.264 e. The number of unbranched alkanes of at least 4 members (excludes halogenated alkanes) is 5. The number of hydrogen-bond donors (Lipinski definition) is 6. The highest BCUT2D eigenvalue weighted by Gasteiger charge is 2.26. The predicted molar refractivity (Wildman–Crippen MR) is 246 cm³/mol. The zero-order valence-corrected chi connectivity index (χ0v) is 37.5. The first-order valence-corrected chi connectivity index (χ1v) is 22.1. The summed E-state index contributed by atoms with van der Waals surface area (Å²) in [5, 5.41) is 13.7. The van der Waals surface area contributed by atoms with E-state index < -0.39 is 24.5 Å². The van der Waals surface area contributed by atoms with Crippen LogP contribution in [0.1, 0.15) is 114 Å². The van der Waals surface area contributed by atoms with Crippen molar-refractivity contribution >= 4 is 47.6 Å². The summed E-state index contributed by atoms with van der Waals surface area (Å²) < 4.78 is 29.2. The third-order valence-electron chi connectivity index (χ3n) is 11.6. The lowest BCUT2D eigenvalue weighted by Gasteiger charge is -2.30. The highest BCUT2D eigenvalue weighted by atomic mass is 19.3. The summed E-state index contributed by atoms with van der Waals surface area (Å²) in [5.41, 5.74) is 24.4. The fraction of sp³-hybridized carbons (Fsp3) is 0.565. The van der Waals surface area contributed by atoms with Crippen LogP contribution in [0.15, 0.2) is 53.9 Å². The second-order valence-electron chi connectivity index (χ2n) is 16.1. The van der Waals surface area contributed by atoms with Gasteiger partial charge in [-0.15, -0.1) is 0 Å². The smallest absolute Gasteiger partial charge is 0.264 e. The maximum atomic E-state index is 14.6. The Morgan fingerprint density at radius 2 is 1.66 bits per heavy atom. The molecular formula is C46H72F2N10O4. The number of rotatable bonds is 32. The van der Waals surface area contributed by atoms with Crippen LogP contribution in [0.25, 0.3) is 5.57 Å². The van der Waals surface area contributed by atoms with Crippen LogP contribution in [0, 0.1) is 0 Å². The monoisotopic (exact) mass is 867 g/mol. The van der Waals surface area contributed by atoms with Crippen molar-refractivity contribution < 1.29 is 28.0 Å². The summed E-state index contributed by atoms with van der Waals surface area (Å²) in [6.07, 6.45) is 10.6. The molecule has 1 aliphatic rings. The molecule has 2 aromatic carbocycles. The van der Waals surface area contributed by atoms with Crippen molar-refractivity contribution in [3.8, 4) is 0 Å². The lowest BCUT2D eigenvalue weighted by atomic mass is 9.94. The SMILES string of the molecule is CCCc1cc(C2=CN(C)N(C)C2)c(C(F)F)cc1NC(N)/C(CN)=C(/CC)NC(CCCCCCCCN(C=O)c1ccccc1N(C)C(C=O)CCC(N)=O)CCNC=O. The number of para-hydroxylation sites is 2. The van der Waals surface area contributed by atoms with Crippen LogP contribution < -0.4 is 43.0 Å². The number of nitrogens with zero attached hydrogens (tertiary/aromatic N) is 4. The molecule has 0 bridgehead atoms. The molecule has 1 aliphatic heterocycles. The zero-order valence-electron chi connectivity index (χ0n) is 37.5. The van der Waals surface area contributed by atoms with E-state index in [0.717, 1.165) is 92.2 Å². The summed E-state index contributed by atoms with van der Waals surface area (Å²) >= 11 is 0.